The van der Waals surface area contributed by atoms with E-state index in [9.17, 15) is 5.11 Å². The van der Waals surface area contributed by atoms with E-state index >= 15 is 0 Å². The standard InChI is InChI=1S/C13H20N2O/c1-3-8-14-9-10-15-11(2)12-6-4-5-7-13(12)16/h4-7,14,16H,3,8-10H2,1-2H3. The fraction of sp³-hybridized carbons (Fsp3) is 0.462. The first kappa shape index (κ1) is 12.7. The van der Waals surface area contributed by atoms with Gasteiger partial charge in [0.25, 0.3) is 0 Å². The second-order valence-corrected chi connectivity index (χ2v) is 3.73. The minimum atomic E-state index is 0.297. The van der Waals surface area contributed by atoms with Crippen LogP contribution in [-0.2, 0) is 0 Å². The molecule has 2 N–H and O–H groups in total. The van der Waals surface area contributed by atoms with Crippen LogP contribution >= 0.6 is 0 Å². The summed E-state index contributed by atoms with van der Waals surface area (Å²) in [6, 6.07) is 7.29. The molecule has 0 saturated heterocycles. The summed E-state index contributed by atoms with van der Waals surface area (Å²) in [4.78, 5) is 4.42. The van der Waals surface area contributed by atoms with Crippen LogP contribution in [0, 0.1) is 0 Å². The summed E-state index contributed by atoms with van der Waals surface area (Å²) in [6.07, 6.45) is 1.14. The third-order valence-corrected chi connectivity index (χ3v) is 2.36. The van der Waals surface area contributed by atoms with Crippen LogP contribution in [-0.4, -0.2) is 30.5 Å². The minimum absolute atomic E-state index is 0.297. The molecule has 0 fully saturated rings. The largest absolute Gasteiger partial charge is 0.507 e. The molecule has 0 bridgehead atoms. The third-order valence-electron chi connectivity index (χ3n) is 2.36. The SMILES string of the molecule is CCCNCCN=C(C)c1ccccc1O. The molecule has 0 amide bonds. The summed E-state index contributed by atoms with van der Waals surface area (Å²) in [7, 11) is 0. The van der Waals surface area contributed by atoms with Crippen LogP contribution in [0.2, 0.25) is 0 Å². The van der Waals surface area contributed by atoms with Gasteiger partial charge in [-0.05, 0) is 32.0 Å². The lowest BCUT2D eigenvalue weighted by Crippen LogP contribution is -2.18. The van der Waals surface area contributed by atoms with Gasteiger partial charge in [0.1, 0.15) is 5.75 Å². The third kappa shape index (κ3) is 4.03. The first-order valence-electron chi connectivity index (χ1n) is 5.76. The molecule has 0 saturated carbocycles. The van der Waals surface area contributed by atoms with Crippen molar-refractivity contribution in [2.75, 3.05) is 19.6 Å². The van der Waals surface area contributed by atoms with Crippen LogP contribution in [0.25, 0.3) is 0 Å². The Labute approximate surface area is 97.2 Å². The van der Waals surface area contributed by atoms with Crippen LogP contribution < -0.4 is 5.32 Å². The second-order valence-electron chi connectivity index (χ2n) is 3.73. The molecule has 3 heteroatoms. The molecule has 3 nitrogen and oxygen atoms in total. The monoisotopic (exact) mass is 220 g/mol. The lowest BCUT2D eigenvalue weighted by atomic mass is 10.1. The van der Waals surface area contributed by atoms with Crippen molar-refractivity contribution in [3.05, 3.63) is 29.8 Å². The minimum Gasteiger partial charge on any atom is -0.507 e. The Balaban J connectivity index is 2.47. The molecule has 1 aromatic carbocycles. The van der Waals surface area contributed by atoms with Gasteiger partial charge in [-0.15, -0.1) is 0 Å². The van der Waals surface area contributed by atoms with E-state index in [1.165, 1.54) is 0 Å². The number of para-hydroxylation sites is 1. The molecule has 1 rings (SSSR count). The molecule has 0 radical (unpaired) electrons. The van der Waals surface area contributed by atoms with Crippen molar-refractivity contribution >= 4 is 5.71 Å². The quantitative estimate of drug-likeness (QED) is 0.570. The summed E-state index contributed by atoms with van der Waals surface area (Å²) in [5.41, 5.74) is 1.70. The maximum atomic E-state index is 9.63. The van der Waals surface area contributed by atoms with Crippen LogP contribution in [0.15, 0.2) is 29.3 Å². The Hall–Kier alpha value is -1.35. The van der Waals surface area contributed by atoms with Crippen LogP contribution in [0.4, 0.5) is 0 Å². The first-order valence-corrected chi connectivity index (χ1v) is 5.76. The maximum Gasteiger partial charge on any atom is 0.124 e. The lowest BCUT2D eigenvalue weighted by molar-refractivity contribution is 0.474. The predicted molar refractivity (Wildman–Crippen MR) is 68.3 cm³/mol. The summed E-state index contributed by atoms with van der Waals surface area (Å²) in [5, 5.41) is 12.9. The van der Waals surface area contributed by atoms with Gasteiger partial charge in [0, 0.05) is 17.8 Å². The molecule has 0 aliphatic heterocycles. The van der Waals surface area contributed by atoms with E-state index in [4.69, 9.17) is 0 Å². The first-order chi connectivity index (χ1) is 7.75. The van der Waals surface area contributed by atoms with Gasteiger partial charge in [-0.1, -0.05) is 19.1 Å². The van der Waals surface area contributed by atoms with Crippen molar-refractivity contribution in [1.29, 1.82) is 0 Å². The molecule has 0 aliphatic carbocycles. The Bertz CT molecular complexity index is 348. The van der Waals surface area contributed by atoms with Gasteiger partial charge in [-0.25, -0.2) is 0 Å². The van der Waals surface area contributed by atoms with Crippen molar-refractivity contribution in [3.63, 3.8) is 0 Å². The molecule has 0 heterocycles. The number of aromatic hydroxyl groups is 1. The number of rotatable bonds is 6. The van der Waals surface area contributed by atoms with E-state index < -0.39 is 0 Å². The highest BCUT2D eigenvalue weighted by atomic mass is 16.3. The van der Waals surface area contributed by atoms with Gasteiger partial charge < -0.3 is 10.4 Å². The Morgan fingerprint density at radius 1 is 1.31 bits per heavy atom. The molecule has 0 aliphatic rings. The zero-order valence-corrected chi connectivity index (χ0v) is 10.0. The molecular weight excluding hydrogens is 200 g/mol. The average Bonchev–Trinajstić information content (AvgIpc) is 2.29. The number of benzene rings is 1. The van der Waals surface area contributed by atoms with E-state index in [-0.39, 0.29) is 0 Å². The number of phenolic OH excluding ortho intramolecular Hbond substituents is 1. The normalized spacial score (nSPS) is 11.8. The maximum absolute atomic E-state index is 9.63. The Kier molecular flexibility index (Phi) is 5.57. The number of nitrogens with one attached hydrogen (secondary N) is 1. The Morgan fingerprint density at radius 3 is 2.75 bits per heavy atom. The van der Waals surface area contributed by atoms with Crippen molar-refractivity contribution in [3.8, 4) is 5.75 Å². The van der Waals surface area contributed by atoms with Crippen molar-refractivity contribution < 1.29 is 5.11 Å². The van der Waals surface area contributed by atoms with E-state index in [1.54, 1.807) is 6.07 Å². The van der Waals surface area contributed by atoms with E-state index in [0.717, 1.165) is 37.3 Å². The number of hydrogen-bond acceptors (Lipinski definition) is 3. The highest BCUT2D eigenvalue weighted by Crippen LogP contribution is 2.16. The molecule has 0 spiro atoms. The van der Waals surface area contributed by atoms with Gasteiger partial charge in [0.2, 0.25) is 0 Å². The van der Waals surface area contributed by atoms with Gasteiger partial charge in [0.05, 0.1) is 6.54 Å². The molecule has 0 atom stereocenters. The second kappa shape index (κ2) is 7.01. The van der Waals surface area contributed by atoms with Crippen molar-refractivity contribution in [1.82, 2.24) is 5.32 Å². The molecule has 88 valence electrons. The van der Waals surface area contributed by atoms with Gasteiger partial charge in [-0.2, -0.15) is 0 Å². The van der Waals surface area contributed by atoms with Crippen LogP contribution in [0.3, 0.4) is 0 Å². The zero-order chi connectivity index (χ0) is 11.8. The molecule has 16 heavy (non-hydrogen) atoms. The highest BCUT2D eigenvalue weighted by Gasteiger charge is 2.01. The number of nitrogens with zero attached hydrogens (tertiary/aromatic N) is 1. The van der Waals surface area contributed by atoms with E-state index in [0.29, 0.717) is 5.75 Å². The van der Waals surface area contributed by atoms with Crippen molar-refractivity contribution in [2.45, 2.75) is 20.3 Å². The van der Waals surface area contributed by atoms with Gasteiger partial charge in [0.15, 0.2) is 0 Å². The zero-order valence-electron chi connectivity index (χ0n) is 10.0. The summed E-state index contributed by atoms with van der Waals surface area (Å²) < 4.78 is 0. The number of aliphatic imine (C=N–C) groups is 1. The number of phenols is 1. The molecule has 1 aromatic rings. The predicted octanol–water partition coefficient (Wildman–Crippen LogP) is 2.20. The summed E-state index contributed by atoms with van der Waals surface area (Å²) in [6.45, 7) is 6.74. The van der Waals surface area contributed by atoms with Crippen molar-refractivity contribution in [2.24, 2.45) is 4.99 Å². The number of hydrogen-bond donors (Lipinski definition) is 2. The molecule has 0 aromatic heterocycles. The van der Waals surface area contributed by atoms with E-state index in [1.807, 2.05) is 25.1 Å². The fourth-order valence-electron chi connectivity index (χ4n) is 1.47. The Morgan fingerprint density at radius 2 is 2.06 bits per heavy atom. The topological polar surface area (TPSA) is 44.6 Å². The smallest absolute Gasteiger partial charge is 0.124 e. The molecular formula is C13H20N2O. The lowest BCUT2D eigenvalue weighted by Gasteiger charge is -2.04. The average molecular weight is 220 g/mol. The summed E-state index contributed by atoms with van der Waals surface area (Å²) in [5.74, 6) is 0.297. The summed E-state index contributed by atoms with van der Waals surface area (Å²) >= 11 is 0. The molecule has 0 unspecified atom stereocenters. The van der Waals surface area contributed by atoms with E-state index in [2.05, 4.69) is 17.2 Å². The van der Waals surface area contributed by atoms with Crippen LogP contribution in [0.5, 0.6) is 5.75 Å². The van der Waals surface area contributed by atoms with Gasteiger partial charge >= 0.3 is 0 Å². The highest BCUT2D eigenvalue weighted by molar-refractivity contribution is 6.00. The van der Waals surface area contributed by atoms with Gasteiger partial charge in [-0.3, -0.25) is 4.99 Å². The van der Waals surface area contributed by atoms with Crippen LogP contribution in [0.1, 0.15) is 25.8 Å². The fourth-order valence-corrected chi connectivity index (χ4v) is 1.47.